The Labute approximate surface area is 102 Å². The van der Waals surface area contributed by atoms with Crippen molar-refractivity contribution in [2.75, 3.05) is 6.61 Å². The van der Waals surface area contributed by atoms with Gasteiger partial charge < -0.3 is 4.74 Å². The van der Waals surface area contributed by atoms with Crippen LogP contribution in [0.1, 0.15) is 34.0 Å². The van der Waals surface area contributed by atoms with Crippen molar-refractivity contribution in [2.45, 2.75) is 20.0 Å². The predicted octanol–water partition coefficient (Wildman–Crippen LogP) is 3.06. The fourth-order valence-corrected chi connectivity index (χ4v) is 1.50. The van der Waals surface area contributed by atoms with Gasteiger partial charge in [0.05, 0.1) is 23.3 Å². The van der Waals surface area contributed by atoms with E-state index < -0.39 is 23.3 Å². The first kappa shape index (κ1) is 14.0. The molecule has 0 aliphatic heterocycles. The Balaban J connectivity index is 3.49. The van der Waals surface area contributed by atoms with E-state index in [9.17, 15) is 18.0 Å². The normalized spacial score (nSPS) is 10.9. The van der Waals surface area contributed by atoms with Gasteiger partial charge in [0.15, 0.2) is 0 Å². The molecule has 0 fully saturated rings. The maximum Gasteiger partial charge on any atom is 0.417 e. The maximum atomic E-state index is 12.7. The monoisotopic (exact) mass is 257 g/mol. The molecule has 0 heterocycles. The third kappa shape index (κ3) is 2.80. The quantitative estimate of drug-likeness (QED) is 0.765. The number of aryl methyl sites for hydroxylation is 1. The molecule has 6 heteroatoms. The second-order valence-corrected chi connectivity index (χ2v) is 3.57. The summed E-state index contributed by atoms with van der Waals surface area (Å²) in [4.78, 5) is 11.5. The molecule has 0 aliphatic rings. The van der Waals surface area contributed by atoms with Gasteiger partial charge >= 0.3 is 12.1 Å². The Hall–Kier alpha value is -2.03. The van der Waals surface area contributed by atoms with Gasteiger partial charge in [-0.2, -0.15) is 18.4 Å². The highest BCUT2D eigenvalue weighted by Gasteiger charge is 2.36. The highest BCUT2D eigenvalue weighted by atomic mass is 19.4. The van der Waals surface area contributed by atoms with Crippen LogP contribution in [-0.2, 0) is 10.9 Å². The number of hydrogen-bond acceptors (Lipinski definition) is 3. The lowest BCUT2D eigenvalue weighted by Gasteiger charge is -2.13. The van der Waals surface area contributed by atoms with Crippen LogP contribution in [0.15, 0.2) is 12.1 Å². The van der Waals surface area contributed by atoms with Crippen molar-refractivity contribution >= 4 is 5.97 Å². The Morgan fingerprint density at radius 2 is 2.06 bits per heavy atom. The van der Waals surface area contributed by atoms with E-state index in [1.807, 2.05) is 0 Å². The topological polar surface area (TPSA) is 50.1 Å². The molecule has 0 bridgehead atoms. The highest BCUT2D eigenvalue weighted by molar-refractivity contribution is 5.93. The second-order valence-electron chi connectivity index (χ2n) is 3.57. The van der Waals surface area contributed by atoms with Crippen molar-refractivity contribution in [3.05, 3.63) is 34.4 Å². The highest BCUT2D eigenvalue weighted by Crippen LogP contribution is 2.34. The number of alkyl halides is 3. The van der Waals surface area contributed by atoms with Gasteiger partial charge in [0, 0.05) is 0 Å². The van der Waals surface area contributed by atoms with E-state index in [1.165, 1.54) is 26.0 Å². The summed E-state index contributed by atoms with van der Waals surface area (Å²) in [6.07, 6.45) is -4.68. The number of hydrogen-bond donors (Lipinski definition) is 0. The lowest BCUT2D eigenvalue weighted by Crippen LogP contribution is -2.14. The number of ether oxygens (including phenoxy) is 1. The van der Waals surface area contributed by atoms with Gasteiger partial charge in [-0.1, -0.05) is 0 Å². The molecule has 0 atom stereocenters. The molecule has 0 radical (unpaired) electrons. The number of halogens is 3. The number of carbonyl (C=O) groups excluding carboxylic acids is 1. The first-order chi connectivity index (χ1) is 8.31. The fraction of sp³-hybridized carbons (Fsp3) is 0.333. The standard InChI is InChI=1S/C12H10F3NO2/c1-3-18-11(17)8-4-7(2)5-10(9(8)6-16)12(13,14)15/h4-5H,3H2,1-2H3. The predicted molar refractivity (Wildman–Crippen MR) is 56.9 cm³/mol. The number of rotatable bonds is 2. The van der Waals surface area contributed by atoms with E-state index in [0.29, 0.717) is 0 Å². The van der Waals surface area contributed by atoms with Gasteiger partial charge in [0.1, 0.15) is 6.07 Å². The van der Waals surface area contributed by atoms with Crippen molar-refractivity contribution < 1.29 is 22.7 Å². The van der Waals surface area contributed by atoms with Gasteiger partial charge in [-0.25, -0.2) is 4.79 Å². The number of nitrogens with zero attached hydrogens (tertiary/aromatic N) is 1. The molecule has 0 saturated carbocycles. The van der Waals surface area contributed by atoms with Crippen LogP contribution in [0.5, 0.6) is 0 Å². The maximum absolute atomic E-state index is 12.7. The van der Waals surface area contributed by atoms with E-state index in [-0.39, 0.29) is 17.7 Å². The second kappa shape index (κ2) is 5.08. The van der Waals surface area contributed by atoms with E-state index >= 15 is 0 Å². The molecule has 18 heavy (non-hydrogen) atoms. The summed E-state index contributed by atoms with van der Waals surface area (Å²) in [5.74, 6) is -0.928. The average molecular weight is 257 g/mol. The summed E-state index contributed by atoms with van der Waals surface area (Å²) in [6.45, 7) is 2.97. The number of nitriles is 1. The molecule has 0 spiro atoms. The van der Waals surface area contributed by atoms with Crippen LogP contribution in [0.4, 0.5) is 13.2 Å². The Morgan fingerprint density at radius 3 is 2.50 bits per heavy atom. The molecule has 0 saturated heterocycles. The molecule has 1 aromatic carbocycles. The molecule has 1 rings (SSSR count). The van der Waals surface area contributed by atoms with Crippen LogP contribution < -0.4 is 0 Å². The van der Waals surface area contributed by atoms with Crippen molar-refractivity contribution in [1.82, 2.24) is 0 Å². The van der Waals surface area contributed by atoms with Gasteiger partial charge in [-0.15, -0.1) is 0 Å². The first-order valence-electron chi connectivity index (χ1n) is 5.10. The summed E-state index contributed by atoms with van der Waals surface area (Å²) >= 11 is 0. The van der Waals surface area contributed by atoms with Gasteiger partial charge in [0.25, 0.3) is 0 Å². The van der Waals surface area contributed by atoms with Crippen LogP contribution >= 0.6 is 0 Å². The van der Waals surface area contributed by atoms with Crippen LogP contribution in [-0.4, -0.2) is 12.6 Å². The fourth-order valence-electron chi connectivity index (χ4n) is 1.50. The lowest BCUT2D eigenvalue weighted by molar-refractivity contribution is -0.137. The minimum atomic E-state index is -4.68. The SMILES string of the molecule is CCOC(=O)c1cc(C)cc(C(F)(F)F)c1C#N. The van der Waals surface area contributed by atoms with Crippen LogP contribution in [0.3, 0.4) is 0 Å². The molecule has 1 aromatic rings. The third-order valence-corrected chi connectivity index (χ3v) is 2.20. The molecule has 0 aliphatic carbocycles. The van der Waals surface area contributed by atoms with Crippen molar-refractivity contribution in [3.8, 4) is 6.07 Å². The van der Waals surface area contributed by atoms with Crippen LogP contribution in [0.2, 0.25) is 0 Å². The zero-order valence-electron chi connectivity index (χ0n) is 9.76. The summed E-state index contributed by atoms with van der Waals surface area (Å²) in [6, 6.07) is 3.47. The molecule has 96 valence electrons. The number of carbonyl (C=O) groups is 1. The van der Waals surface area contributed by atoms with Gasteiger partial charge in [-0.3, -0.25) is 0 Å². The first-order valence-corrected chi connectivity index (χ1v) is 5.10. The lowest BCUT2D eigenvalue weighted by atomic mass is 9.98. The minimum absolute atomic E-state index is 0.0268. The molecule has 0 N–H and O–H groups in total. The average Bonchev–Trinajstić information content (AvgIpc) is 2.27. The van der Waals surface area contributed by atoms with Crippen LogP contribution in [0.25, 0.3) is 0 Å². The van der Waals surface area contributed by atoms with Crippen LogP contribution in [0, 0.1) is 18.3 Å². The molecular formula is C12H10F3NO2. The molecule has 3 nitrogen and oxygen atoms in total. The smallest absolute Gasteiger partial charge is 0.417 e. The zero-order valence-corrected chi connectivity index (χ0v) is 9.76. The molecule has 0 amide bonds. The van der Waals surface area contributed by atoms with Crippen molar-refractivity contribution in [2.24, 2.45) is 0 Å². The Morgan fingerprint density at radius 1 is 1.44 bits per heavy atom. The van der Waals surface area contributed by atoms with E-state index in [2.05, 4.69) is 4.74 Å². The summed E-state index contributed by atoms with van der Waals surface area (Å²) < 4.78 is 42.9. The van der Waals surface area contributed by atoms with Crippen molar-refractivity contribution in [1.29, 1.82) is 5.26 Å². The Bertz CT molecular complexity index is 515. The summed E-state index contributed by atoms with van der Waals surface area (Å²) in [5, 5.41) is 8.81. The van der Waals surface area contributed by atoms with E-state index in [4.69, 9.17) is 5.26 Å². The van der Waals surface area contributed by atoms with E-state index in [0.717, 1.165) is 6.07 Å². The summed E-state index contributed by atoms with van der Waals surface area (Å²) in [5.41, 5.74) is -1.93. The van der Waals surface area contributed by atoms with E-state index in [1.54, 1.807) is 0 Å². The Kier molecular flexibility index (Phi) is 3.96. The third-order valence-electron chi connectivity index (χ3n) is 2.20. The molecular weight excluding hydrogens is 247 g/mol. The number of benzene rings is 1. The van der Waals surface area contributed by atoms with Crippen molar-refractivity contribution in [3.63, 3.8) is 0 Å². The minimum Gasteiger partial charge on any atom is -0.462 e. The molecule has 0 aromatic heterocycles. The molecule has 0 unspecified atom stereocenters. The van der Waals surface area contributed by atoms with Gasteiger partial charge in [-0.05, 0) is 31.5 Å². The van der Waals surface area contributed by atoms with Gasteiger partial charge in [0.2, 0.25) is 0 Å². The summed E-state index contributed by atoms with van der Waals surface area (Å²) in [7, 11) is 0. The largest absolute Gasteiger partial charge is 0.462 e. The number of esters is 1. The zero-order chi connectivity index (χ0) is 13.9.